The highest BCUT2D eigenvalue weighted by molar-refractivity contribution is 6.36. The van der Waals surface area contributed by atoms with Crippen molar-refractivity contribution in [3.05, 3.63) is 0 Å². The van der Waals surface area contributed by atoms with Crippen LogP contribution in [0.15, 0.2) is 0 Å². The zero-order valence-electron chi connectivity index (χ0n) is 5.25. The van der Waals surface area contributed by atoms with Crippen molar-refractivity contribution >= 4 is 9.52 Å². The van der Waals surface area contributed by atoms with Gasteiger partial charge < -0.3 is 10.2 Å². The first-order valence-electron chi connectivity index (χ1n) is 3.00. The van der Waals surface area contributed by atoms with Crippen LogP contribution in [0.4, 0.5) is 0 Å². The quantitative estimate of drug-likeness (QED) is 0.307. The second-order valence-electron chi connectivity index (χ2n) is 1.88. The molecule has 0 unspecified atom stereocenters. The monoisotopic (exact) mass is 145 g/mol. The molecule has 0 aromatic rings. The Bertz CT molecular complexity index is 99.6. The number of hydrogen-bond donors (Lipinski definition) is 2. The Hall–Kier alpha value is -0.373. The third-order valence-electron chi connectivity index (χ3n) is 1.00. The maximum absolute atomic E-state index is 8.39. The van der Waals surface area contributed by atoms with Crippen molar-refractivity contribution < 1.29 is 10.2 Å². The summed E-state index contributed by atoms with van der Waals surface area (Å²) in [6, 6.07) is 2.85. The molecule has 2 N–H and O–H groups in total. The van der Waals surface area contributed by atoms with E-state index in [0.717, 1.165) is 12.5 Å². The van der Waals surface area contributed by atoms with E-state index in [4.69, 9.17) is 15.5 Å². The van der Waals surface area contributed by atoms with Gasteiger partial charge in [0.2, 0.25) is 0 Å². The lowest BCUT2D eigenvalue weighted by Gasteiger charge is -1.97. The molecule has 0 aliphatic rings. The summed E-state index contributed by atoms with van der Waals surface area (Å²) in [4.78, 5) is 0. The van der Waals surface area contributed by atoms with E-state index < -0.39 is 15.4 Å². The Morgan fingerprint density at radius 2 is 2.22 bits per heavy atom. The van der Waals surface area contributed by atoms with E-state index in [-0.39, 0.29) is 0 Å². The number of aliphatic hydroxyl groups is 2. The first-order chi connectivity index (χ1) is 4.27. The molecule has 0 saturated carbocycles. The fourth-order valence-corrected chi connectivity index (χ4v) is 1.43. The zero-order chi connectivity index (χ0) is 7.11. The maximum Gasteiger partial charge on any atom is 0.128 e. The zero-order valence-corrected chi connectivity index (χ0v) is 6.66. The minimum Gasteiger partial charge on any atom is -0.373 e. The van der Waals surface area contributed by atoms with E-state index in [1.54, 1.807) is 0 Å². The van der Waals surface area contributed by atoms with Crippen LogP contribution in [0.1, 0.15) is 12.8 Å². The van der Waals surface area contributed by atoms with Crippen LogP contribution in [0.2, 0.25) is 6.04 Å². The molecule has 3 nitrogen and oxygen atoms in total. The summed E-state index contributed by atoms with van der Waals surface area (Å²) in [6.45, 7) is 0. The van der Waals surface area contributed by atoms with Gasteiger partial charge in [0.25, 0.3) is 0 Å². The van der Waals surface area contributed by atoms with Crippen LogP contribution in [-0.2, 0) is 0 Å². The van der Waals surface area contributed by atoms with E-state index in [0.29, 0.717) is 6.42 Å². The average molecular weight is 145 g/mol. The highest BCUT2D eigenvalue weighted by Crippen LogP contribution is 1.93. The van der Waals surface area contributed by atoms with Crippen LogP contribution >= 0.6 is 0 Å². The summed E-state index contributed by atoms with van der Waals surface area (Å²) in [5.74, 6) is -1.07. The predicted octanol–water partition coefficient (Wildman–Crippen LogP) is -0.855. The molecule has 4 heteroatoms. The first kappa shape index (κ1) is 8.63. The van der Waals surface area contributed by atoms with E-state index in [2.05, 4.69) is 0 Å². The minimum atomic E-state index is -1.07. The summed E-state index contributed by atoms with van der Waals surface area (Å²) in [6.07, 6.45) is 1.36. The molecule has 0 amide bonds. The van der Waals surface area contributed by atoms with Crippen molar-refractivity contribution in [1.82, 2.24) is 0 Å². The predicted molar refractivity (Wildman–Crippen MR) is 36.4 cm³/mol. The largest absolute Gasteiger partial charge is 0.373 e. The van der Waals surface area contributed by atoms with Crippen molar-refractivity contribution in [1.29, 1.82) is 5.26 Å². The van der Waals surface area contributed by atoms with Gasteiger partial charge >= 0.3 is 0 Å². The molecule has 0 fully saturated rings. The summed E-state index contributed by atoms with van der Waals surface area (Å²) in [7, 11) is -0.714. The molecule has 0 spiro atoms. The number of aliphatic hydroxyl groups excluding tert-OH is 1. The molecule has 0 aromatic carbocycles. The van der Waals surface area contributed by atoms with Gasteiger partial charge in [-0.2, -0.15) is 5.26 Å². The molecular weight excluding hydrogens is 134 g/mol. The molecule has 9 heavy (non-hydrogen) atoms. The van der Waals surface area contributed by atoms with Gasteiger partial charge in [0.15, 0.2) is 0 Å². The molecule has 0 radical (unpaired) electrons. The fraction of sp³-hybridized carbons (Fsp3) is 0.800. The third-order valence-corrected chi connectivity index (χ3v) is 2.43. The highest BCUT2D eigenvalue weighted by atomic mass is 28.2. The van der Waals surface area contributed by atoms with Crippen LogP contribution in [0.25, 0.3) is 0 Å². The van der Waals surface area contributed by atoms with Crippen molar-refractivity contribution in [2.45, 2.75) is 24.8 Å². The van der Waals surface area contributed by atoms with Gasteiger partial charge in [-0.05, 0) is 6.42 Å². The minimum absolute atomic E-state index is 0.541. The van der Waals surface area contributed by atoms with Gasteiger partial charge in [-0.1, -0.05) is 6.04 Å². The summed E-state index contributed by atoms with van der Waals surface area (Å²) >= 11 is 0. The lowest BCUT2D eigenvalue weighted by atomic mass is 10.4. The summed E-state index contributed by atoms with van der Waals surface area (Å²) < 4.78 is 0. The average Bonchev–Trinajstić information content (AvgIpc) is 1.80. The number of rotatable bonds is 4. The topological polar surface area (TPSA) is 64.2 Å². The van der Waals surface area contributed by atoms with Gasteiger partial charge in [-0.15, -0.1) is 0 Å². The van der Waals surface area contributed by atoms with Crippen molar-refractivity contribution in [2.24, 2.45) is 0 Å². The normalized spacial score (nSPS) is 10.9. The molecule has 0 heterocycles. The van der Waals surface area contributed by atoms with Crippen LogP contribution in [0, 0.1) is 11.3 Å². The molecule has 0 saturated heterocycles. The Balaban J connectivity index is 2.85. The molecule has 52 valence electrons. The molecule has 0 atom stereocenters. The molecule has 0 bridgehead atoms. The lowest BCUT2D eigenvalue weighted by Crippen LogP contribution is -2.13. The van der Waals surface area contributed by atoms with Gasteiger partial charge in [-0.3, -0.25) is 0 Å². The van der Waals surface area contributed by atoms with Gasteiger partial charge in [0.05, 0.1) is 15.6 Å². The Morgan fingerprint density at radius 1 is 1.56 bits per heavy atom. The third kappa shape index (κ3) is 7.63. The number of nitrogens with zero attached hydrogens (tertiary/aromatic N) is 1. The standard InChI is InChI=1S/C5H11NO2Si/c6-3-1-2-4-9-5(7)8/h5,7-8H,1-2,4,9H2. The molecule has 0 aliphatic heterocycles. The van der Waals surface area contributed by atoms with E-state index in [1.165, 1.54) is 0 Å². The fourth-order valence-electron chi connectivity index (χ4n) is 0.531. The van der Waals surface area contributed by atoms with Crippen molar-refractivity contribution in [3.8, 4) is 6.07 Å². The van der Waals surface area contributed by atoms with Crippen LogP contribution in [0.5, 0.6) is 0 Å². The molecular formula is C5H11NO2Si. The number of unbranched alkanes of at least 4 members (excludes halogenated alkanes) is 1. The Labute approximate surface area is 56.8 Å². The van der Waals surface area contributed by atoms with E-state index in [1.807, 2.05) is 6.07 Å². The Kier molecular flexibility index (Phi) is 5.52. The van der Waals surface area contributed by atoms with Gasteiger partial charge in [-0.25, -0.2) is 0 Å². The molecule has 0 aromatic heterocycles. The van der Waals surface area contributed by atoms with Crippen LogP contribution in [-0.4, -0.2) is 25.6 Å². The van der Waals surface area contributed by atoms with E-state index in [9.17, 15) is 0 Å². The summed E-state index contributed by atoms with van der Waals surface area (Å²) in [5, 5.41) is 24.8. The molecule has 0 aliphatic carbocycles. The SMILES string of the molecule is N#CCCC[SiH2]C(O)O. The van der Waals surface area contributed by atoms with E-state index >= 15 is 0 Å². The van der Waals surface area contributed by atoms with Gasteiger partial charge in [0, 0.05) is 6.42 Å². The number of hydrogen-bond acceptors (Lipinski definition) is 3. The second-order valence-corrected chi connectivity index (χ2v) is 3.90. The highest BCUT2D eigenvalue weighted by Gasteiger charge is 1.96. The lowest BCUT2D eigenvalue weighted by molar-refractivity contribution is 0.0289. The summed E-state index contributed by atoms with van der Waals surface area (Å²) in [5.41, 5.74) is 0. The van der Waals surface area contributed by atoms with Crippen LogP contribution < -0.4 is 0 Å². The first-order valence-corrected chi connectivity index (χ1v) is 4.82. The van der Waals surface area contributed by atoms with Crippen molar-refractivity contribution in [2.75, 3.05) is 0 Å². The van der Waals surface area contributed by atoms with Gasteiger partial charge in [0.1, 0.15) is 5.91 Å². The molecule has 0 rings (SSSR count). The van der Waals surface area contributed by atoms with Crippen LogP contribution in [0.3, 0.4) is 0 Å². The maximum atomic E-state index is 8.39. The van der Waals surface area contributed by atoms with Crippen molar-refractivity contribution in [3.63, 3.8) is 0 Å². The number of nitriles is 1. The Morgan fingerprint density at radius 3 is 2.67 bits per heavy atom. The smallest absolute Gasteiger partial charge is 0.128 e. The second kappa shape index (κ2) is 5.76.